The summed E-state index contributed by atoms with van der Waals surface area (Å²) in [6, 6.07) is 17.5. The Morgan fingerprint density at radius 1 is 1.03 bits per heavy atom. The van der Waals surface area contributed by atoms with Crippen molar-refractivity contribution < 1.29 is 21.8 Å². The van der Waals surface area contributed by atoms with Crippen molar-refractivity contribution in [2.75, 3.05) is 11.1 Å². The summed E-state index contributed by atoms with van der Waals surface area (Å²) in [5, 5.41) is 2.89. The lowest BCUT2D eigenvalue weighted by atomic mass is 10.2. The van der Waals surface area contributed by atoms with Gasteiger partial charge < -0.3 is 18.8 Å². The van der Waals surface area contributed by atoms with Crippen LogP contribution < -0.4 is 9.50 Å². The molecule has 0 atom stereocenters. The lowest BCUT2D eigenvalue weighted by molar-refractivity contribution is 0.201. The lowest BCUT2D eigenvalue weighted by Crippen LogP contribution is -2.34. The van der Waals surface area contributed by atoms with Gasteiger partial charge in [0.2, 0.25) is 0 Å². The molecule has 0 radical (unpaired) electrons. The second-order valence-electron chi connectivity index (χ2n) is 6.81. The number of carbonyl (C=O) groups excluding carboxylic acids is 1. The number of benzene rings is 2. The van der Waals surface area contributed by atoms with E-state index in [2.05, 4.69) is 5.32 Å². The predicted molar refractivity (Wildman–Crippen MR) is 115 cm³/mol. The van der Waals surface area contributed by atoms with E-state index >= 15 is 0 Å². The molecule has 2 aromatic carbocycles. The molecule has 0 saturated heterocycles. The maximum atomic E-state index is 12.9. The first kappa shape index (κ1) is 21.4. The van der Waals surface area contributed by atoms with Crippen molar-refractivity contribution in [3.05, 3.63) is 83.8 Å². The SMILES string of the molecule is CCS(=O)(=O)Oc1ccc(CN(Cc2ccco2)C(=O)Nc2ccc(C)cc2)cc1. The molecule has 0 unspecified atom stereocenters. The third kappa shape index (κ3) is 6.12. The van der Waals surface area contributed by atoms with Gasteiger partial charge in [-0.2, -0.15) is 8.42 Å². The molecular formula is C22H24N2O5S. The Balaban J connectivity index is 1.73. The minimum Gasteiger partial charge on any atom is -0.467 e. The van der Waals surface area contributed by atoms with Crippen LogP contribution in [0.25, 0.3) is 0 Å². The minimum atomic E-state index is -3.58. The molecular weight excluding hydrogens is 404 g/mol. The number of hydrogen-bond donors (Lipinski definition) is 1. The Bertz CT molecular complexity index is 1060. The van der Waals surface area contributed by atoms with Crippen LogP contribution in [0.1, 0.15) is 23.8 Å². The molecule has 0 fully saturated rings. The second-order valence-corrected chi connectivity index (χ2v) is 8.66. The molecule has 2 amide bonds. The highest BCUT2D eigenvalue weighted by atomic mass is 32.2. The molecule has 0 bridgehead atoms. The van der Waals surface area contributed by atoms with Gasteiger partial charge >= 0.3 is 16.1 Å². The maximum absolute atomic E-state index is 12.9. The molecule has 0 saturated carbocycles. The summed E-state index contributed by atoms with van der Waals surface area (Å²) in [6.45, 7) is 4.09. The van der Waals surface area contributed by atoms with Gasteiger partial charge in [0, 0.05) is 12.2 Å². The van der Waals surface area contributed by atoms with Gasteiger partial charge in [-0.05, 0) is 55.8 Å². The van der Waals surface area contributed by atoms with Gasteiger partial charge in [0.15, 0.2) is 0 Å². The molecule has 1 heterocycles. The highest BCUT2D eigenvalue weighted by Crippen LogP contribution is 2.18. The molecule has 1 aromatic heterocycles. The zero-order valence-electron chi connectivity index (χ0n) is 16.9. The van der Waals surface area contributed by atoms with Crippen LogP contribution in [0.3, 0.4) is 0 Å². The van der Waals surface area contributed by atoms with E-state index in [1.807, 2.05) is 31.2 Å². The largest absolute Gasteiger partial charge is 0.467 e. The Morgan fingerprint density at radius 3 is 2.33 bits per heavy atom. The molecule has 30 heavy (non-hydrogen) atoms. The number of rotatable bonds is 8. The van der Waals surface area contributed by atoms with E-state index in [1.165, 1.54) is 6.92 Å². The van der Waals surface area contributed by atoms with E-state index in [9.17, 15) is 13.2 Å². The van der Waals surface area contributed by atoms with Crippen molar-refractivity contribution in [3.63, 3.8) is 0 Å². The highest BCUT2D eigenvalue weighted by molar-refractivity contribution is 7.87. The van der Waals surface area contributed by atoms with Crippen LogP contribution in [0, 0.1) is 6.92 Å². The summed E-state index contributed by atoms with van der Waals surface area (Å²) in [4.78, 5) is 14.5. The first-order valence-corrected chi connectivity index (χ1v) is 11.1. The van der Waals surface area contributed by atoms with Crippen molar-refractivity contribution in [3.8, 4) is 5.75 Å². The average Bonchev–Trinajstić information content (AvgIpc) is 3.23. The normalized spacial score (nSPS) is 11.1. The van der Waals surface area contributed by atoms with E-state index < -0.39 is 10.1 Å². The predicted octanol–water partition coefficient (Wildman–Crippen LogP) is 4.55. The molecule has 3 aromatic rings. The molecule has 0 aliphatic heterocycles. The monoisotopic (exact) mass is 428 g/mol. The third-order valence-electron chi connectivity index (χ3n) is 4.39. The number of urea groups is 1. The van der Waals surface area contributed by atoms with E-state index in [4.69, 9.17) is 8.60 Å². The van der Waals surface area contributed by atoms with Crippen LogP contribution in [0.4, 0.5) is 10.5 Å². The molecule has 158 valence electrons. The first-order valence-electron chi connectivity index (χ1n) is 9.51. The molecule has 0 aliphatic rings. The standard InChI is InChI=1S/C22H24N2O5S/c1-3-30(26,27)29-20-12-8-18(9-13-20)15-24(16-21-5-4-14-28-21)22(25)23-19-10-6-17(2)7-11-19/h4-14H,3,15-16H2,1-2H3,(H,23,25). The summed E-state index contributed by atoms with van der Waals surface area (Å²) < 4.78 is 33.6. The van der Waals surface area contributed by atoms with Crippen LogP contribution in [0.15, 0.2) is 71.3 Å². The minimum absolute atomic E-state index is 0.106. The van der Waals surface area contributed by atoms with Gasteiger partial charge in [-0.15, -0.1) is 0 Å². The summed E-state index contributed by atoms with van der Waals surface area (Å²) in [5.41, 5.74) is 2.62. The van der Waals surface area contributed by atoms with Crippen molar-refractivity contribution in [1.82, 2.24) is 4.90 Å². The summed E-state index contributed by atoms with van der Waals surface area (Å²) >= 11 is 0. The quantitative estimate of drug-likeness (QED) is 0.532. The number of amides is 2. The lowest BCUT2D eigenvalue weighted by Gasteiger charge is -2.22. The van der Waals surface area contributed by atoms with E-state index in [-0.39, 0.29) is 24.1 Å². The first-order chi connectivity index (χ1) is 14.3. The van der Waals surface area contributed by atoms with Gasteiger partial charge in [-0.3, -0.25) is 0 Å². The molecule has 0 spiro atoms. The van der Waals surface area contributed by atoms with Gasteiger partial charge in [0.05, 0.1) is 18.6 Å². The topological polar surface area (TPSA) is 88.9 Å². The number of furan rings is 1. The highest BCUT2D eigenvalue weighted by Gasteiger charge is 2.17. The number of anilines is 1. The number of nitrogens with one attached hydrogen (secondary N) is 1. The molecule has 0 aliphatic carbocycles. The molecule has 1 N–H and O–H groups in total. The Labute approximate surface area is 176 Å². The van der Waals surface area contributed by atoms with Gasteiger partial charge in [-0.1, -0.05) is 29.8 Å². The average molecular weight is 429 g/mol. The second kappa shape index (κ2) is 9.49. The molecule has 8 heteroatoms. The fourth-order valence-electron chi connectivity index (χ4n) is 2.71. The van der Waals surface area contributed by atoms with Gasteiger partial charge in [-0.25, -0.2) is 4.79 Å². The van der Waals surface area contributed by atoms with Crippen molar-refractivity contribution in [2.45, 2.75) is 26.9 Å². The van der Waals surface area contributed by atoms with Crippen molar-refractivity contribution in [2.24, 2.45) is 0 Å². The van der Waals surface area contributed by atoms with E-state index in [1.54, 1.807) is 47.6 Å². The molecule has 3 rings (SSSR count). The Kier molecular flexibility index (Phi) is 6.79. The zero-order chi connectivity index (χ0) is 21.6. The van der Waals surface area contributed by atoms with Crippen LogP contribution >= 0.6 is 0 Å². The fourth-order valence-corrected chi connectivity index (χ4v) is 3.23. The smallest absolute Gasteiger partial charge is 0.322 e. The summed E-state index contributed by atoms with van der Waals surface area (Å²) in [6.07, 6.45) is 1.56. The number of aryl methyl sites for hydroxylation is 1. The Hall–Kier alpha value is -3.26. The number of hydrogen-bond acceptors (Lipinski definition) is 5. The Morgan fingerprint density at radius 2 is 1.73 bits per heavy atom. The van der Waals surface area contributed by atoms with E-state index in [0.29, 0.717) is 18.0 Å². The fraction of sp³-hybridized carbons (Fsp3) is 0.227. The zero-order valence-corrected chi connectivity index (χ0v) is 17.7. The van der Waals surface area contributed by atoms with Crippen molar-refractivity contribution >= 4 is 21.8 Å². The van der Waals surface area contributed by atoms with Crippen LogP contribution in [-0.4, -0.2) is 25.1 Å². The number of nitrogens with zero attached hydrogens (tertiary/aromatic N) is 1. The maximum Gasteiger partial charge on any atom is 0.322 e. The van der Waals surface area contributed by atoms with Crippen LogP contribution in [-0.2, 0) is 23.2 Å². The van der Waals surface area contributed by atoms with Gasteiger partial charge in [0.25, 0.3) is 0 Å². The van der Waals surface area contributed by atoms with Gasteiger partial charge in [0.1, 0.15) is 11.5 Å². The molecule has 7 nitrogen and oxygen atoms in total. The third-order valence-corrected chi connectivity index (χ3v) is 5.54. The summed E-state index contributed by atoms with van der Waals surface area (Å²) in [7, 11) is -3.58. The van der Waals surface area contributed by atoms with Crippen LogP contribution in [0.5, 0.6) is 5.75 Å². The van der Waals surface area contributed by atoms with E-state index in [0.717, 1.165) is 11.1 Å². The van der Waals surface area contributed by atoms with Crippen molar-refractivity contribution in [1.29, 1.82) is 0 Å². The summed E-state index contributed by atoms with van der Waals surface area (Å²) in [5.74, 6) is 0.788. The van der Waals surface area contributed by atoms with Crippen LogP contribution in [0.2, 0.25) is 0 Å². The number of carbonyl (C=O) groups is 1.